The molecule has 0 amide bonds. The highest BCUT2D eigenvalue weighted by molar-refractivity contribution is 7.99. The van der Waals surface area contributed by atoms with Crippen molar-refractivity contribution >= 4 is 17.5 Å². The summed E-state index contributed by atoms with van der Waals surface area (Å²) in [5.41, 5.74) is -0.170. The predicted octanol–water partition coefficient (Wildman–Crippen LogP) is 2.21. The Labute approximate surface area is 102 Å². The molecular formula is C12H12F2O2S. The number of benzene rings is 1. The summed E-state index contributed by atoms with van der Waals surface area (Å²) < 4.78 is 32.0. The summed E-state index contributed by atoms with van der Waals surface area (Å²) in [6.07, 6.45) is -0.781. The Kier molecular flexibility index (Phi) is 4.12. The van der Waals surface area contributed by atoms with Crippen molar-refractivity contribution in [1.82, 2.24) is 0 Å². The molecule has 1 aliphatic rings. The zero-order chi connectivity index (χ0) is 12.3. The molecule has 1 atom stereocenters. The van der Waals surface area contributed by atoms with E-state index in [2.05, 4.69) is 0 Å². The molecule has 2 nitrogen and oxygen atoms in total. The van der Waals surface area contributed by atoms with Crippen LogP contribution in [-0.4, -0.2) is 30.0 Å². The average molecular weight is 258 g/mol. The third kappa shape index (κ3) is 3.04. The number of rotatable bonds is 3. The van der Waals surface area contributed by atoms with Gasteiger partial charge >= 0.3 is 0 Å². The lowest BCUT2D eigenvalue weighted by molar-refractivity contribution is -0.128. The van der Waals surface area contributed by atoms with E-state index in [9.17, 15) is 13.6 Å². The fourth-order valence-corrected chi connectivity index (χ4v) is 2.54. The first kappa shape index (κ1) is 12.5. The van der Waals surface area contributed by atoms with Gasteiger partial charge in [-0.2, -0.15) is 11.8 Å². The molecule has 0 aromatic heterocycles. The van der Waals surface area contributed by atoms with Crippen LogP contribution >= 0.6 is 11.8 Å². The highest BCUT2D eigenvalue weighted by Gasteiger charge is 2.24. The smallest absolute Gasteiger partial charge is 0.166 e. The first-order valence-electron chi connectivity index (χ1n) is 5.33. The van der Waals surface area contributed by atoms with Crippen LogP contribution in [0.5, 0.6) is 0 Å². The molecule has 1 fully saturated rings. The van der Waals surface area contributed by atoms with Crippen molar-refractivity contribution < 1.29 is 18.3 Å². The van der Waals surface area contributed by atoms with Crippen LogP contribution in [-0.2, 0) is 16.0 Å². The maximum Gasteiger partial charge on any atom is 0.166 e. The number of hydrogen-bond donors (Lipinski definition) is 0. The Morgan fingerprint density at radius 2 is 2.12 bits per heavy atom. The number of halogens is 2. The van der Waals surface area contributed by atoms with Gasteiger partial charge in [-0.1, -0.05) is 6.07 Å². The first-order chi connectivity index (χ1) is 8.18. The zero-order valence-corrected chi connectivity index (χ0v) is 9.93. The van der Waals surface area contributed by atoms with Crippen LogP contribution in [0.4, 0.5) is 8.78 Å². The molecule has 0 spiro atoms. The minimum Gasteiger partial charge on any atom is -0.369 e. The number of carbonyl (C=O) groups excluding carboxylic acids is 1. The Balaban J connectivity index is 2.07. The number of hydrogen-bond acceptors (Lipinski definition) is 3. The lowest BCUT2D eigenvalue weighted by Crippen LogP contribution is -2.33. The second kappa shape index (κ2) is 5.60. The van der Waals surface area contributed by atoms with Crippen molar-refractivity contribution in [1.29, 1.82) is 0 Å². The molecule has 5 heteroatoms. The van der Waals surface area contributed by atoms with Crippen LogP contribution in [0.1, 0.15) is 5.56 Å². The lowest BCUT2D eigenvalue weighted by atomic mass is 10.0. The molecular weight excluding hydrogens is 246 g/mol. The quantitative estimate of drug-likeness (QED) is 0.831. The number of thioether (sulfide) groups is 1. The minimum absolute atomic E-state index is 0.170. The number of carbonyl (C=O) groups is 1. The van der Waals surface area contributed by atoms with E-state index in [4.69, 9.17) is 4.74 Å². The number of ether oxygens (including phenoxy) is 1. The van der Waals surface area contributed by atoms with Gasteiger partial charge < -0.3 is 4.74 Å². The van der Waals surface area contributed by atoms with Crippen LogP contribution in [0.25, 0.3) is 0 Å². The Morgan fingerprint density at radius 3 is 2.71 bits per heavy atom. The van der Waals surface area contributed by atoms with E-state index < -0.39 is 17.7 Å². The van der Waals surface area contributed by atoms with Crippen molar-refractivity contribution in [2.75, 3.05) is 18.1 Å². The third-order valence-electron chi connectivity index (χ3n) is 2.59. The topological polar surface area (TPSA) is 26.3 Å². The number of Topliss-reactive ketones (excluding diaryl/α,β-unsaturated/α-hetero) is 1. The van der Waals surface area contributed by atoms with Crippen molar-refractivity contribution in [3.8, 4) is 0 Å². The second-order valence-corrected chi connectivity index (χ2v) is 4.93. The van der Waals surface area contributed by atoms with Gasteiger partial charge in [0, 0.05) is 23.5 Å². The van der Waals surface area contributed by atoms with Gasteiger partial charge in [-0.3, -0.25) is 4.79 Å². The first-order valence-corrected chi connectivity index (χ1v) is 6.49. The van der Waals surface area contributed by atoms with Gasteiger partial charge in [0.05, 0.1) is 6.61 Å². The van der Waals surface area contributed by atoms with Gasteiger partial charge in [-0.25, -0.2) is 8.78 Å². The molecule has 1 aromatic carbocycles. The van der Waals surface area contributed by atoms with Crippen molar-refractivity contribution in [3.63, 3.8) is 0 Å². The van der Waals surface area contributed by atoms with Crippen LogP contribution in [0.15, 0.2) is 18.2 Å². The summed E-state index contributed by atoms with van der Waals surface area (Å²) in [5.74, 6) is -0.197. The Hall–Kier alpha value is -0.940. The van der Waals surface area contributed by atoms with Crippen molar-refractivity contribution in [3.05, 3.63) is 35.4 Å². The van der Waals surface area contributed by atoms with Crippen LogP contribution < -0.4 is 0 Å². The summed E-state index contributed by atoms with van der Waals surface area (Å²) in [4.78, 5) is 11.8. The molecule has 1 aromatic rings. The molecule has 0 radical (unpaired) electrons. The number of ketones is 1. The van der Waals surface area contributed by atoms with Gasteiger partial charge in [0.2, 0.25) is 0 Å². The fraction of sp³-hybridized carbons (Fsp3) is 0.417. The normalized spacial score (nSPS) is 20.2. The van der Waals surface area contributed by atoms with E-state index in [1.807, 2.05) is 0 Å². The molecule has 1 aliphatic heterocycles. The van der Waals surface area contributed by atoms with Gasteiger partial charge in [0.15, 0.2) is 5.78 Å². The van der Waals surface area contributed by atoms with Gasteiger partial charge in [-0.05, 0) is 12.1 Å². The van der Waals surface area contributed by atoms with Crippen LogP contribution in [0.2, 0.25) is 0 Å². The highest BCUT2D eigenvalue weighted by Crippen LogP contribution is 2.18. The van der Waals surface area contributed by atoms with E-state index in [0.29, 0.717) is 12.4 Å². The zero-order valence-electron chi connectivity index (χ0n) is 9.12. The van der Waals surface area contributed by atoms with E-state index in [1.54, 1.807) is 11.8 Å². The molecule has 1 saturated heterocycles. The minimum atomic E-state index is -0.679. The predicted molar refractivity (Wildman–Crippen MR) is 62.1 cm³/mol. The van der Waals surface area contributed by atoms with E-state index in [0.717, 1.165) is 17.9 Å². The Bertz CT molecular complexity index is 397. The lowest BCUT2D eigenvalue weighted by Gasteiger charge is -2.21. The maximum atomic E-state index is 13.3. The van der Waals surface area contributed by atoms with Gasteiger partial charge in [0.1, 0.15) is 17.7 Å². The second-order valence-electron chi connectivity index (χ2n) is 3.78. The molecule has 1 heterocycles. The van der Waals surface area contributed by atoms with Gasteiger partial charge in [-0.15, -0.1) is 0 Å². The fourth-order valence-electron chi connectivity index (χ4n) is 1.66. The van der Waals surface area contributed by atoms with E-state index in [1.165, 1.54) is 6.07 Å². The molecule has 2 rings (SSSR count). The molecule has 0 N–H and O–H groups in total. The van der Waals surface area contributed by atoms with Crippen molar-refractivity contribution in [2.45, 2.75) is 12.5 Å². The summed E-state index contributed by atoms with van der Waals surface area (Å²) >= 11 is 1.62. The SMILES string of the molecule is O=C(Cc1c(F)cccc1F)C1CSCCO1. The average Bonchev–Trinajstić information content (AvgIpc) is 2.35. The molecule has 0 bridgehead atoms. The molecule has 0 saturated carbocycles. The maximum absolute atomic E-state index is 13.3. The Morgan fingerprint density at radius 1 is 1.41 bits per heavy atom. The highest BCUT2D eigenvalue weighted by atomic mass is 32.2. The standard InChI is InChI=1S/C12H12F2O2S/c13-9-2-1-3-10(14)8(9)6-11(15)12-7-17-5-4-16-12/h1-3,12H,4-7H2. The van der Waals surface area contributed by atoms with Gasteiger partial charge in [0.25, 0.3) is 0 Å². The summed E-state index contributed by atoms with van der Waals surface area (Å²) in [6, 6.07) is 3.59. The third-order valence-corrected chi connectivity index (χ3v) is 3.58. The monoisotopic (exact) mass is 258 g/mol. The van der Waals surface area contributed by atoms with E-state index in [-0.39, 0.29) is 17.8 Å². The van der Waals surface area contributed by atoms with Crippen LogP contribution in [0.3, 0.4) is 0 Å². The molecule has 92 valence electrons. The summed E-state index contributed by atoms with van der Waals surface area (Å²) in [6.45, 7) is 0.515. The largest absolute Gasteiger partial charge is 0.369 e. The van der Waals surface area contributed by atoms with Crippen molar-refractivity contribution in [2.24, 2.45) is 0 Å². The van der Waals surface area contributed by atoms with Crippen LogP contribution in [0, 0.1) is 11.6 Å². The summed E-state index contributed by atoms with van der Waals surface area (Å²) in [5, 5.41) is 0. The summed E-state index contributed by atoms with van der Waals surface area (Å²) in [7, 11) is 0. The molecule has 0 aliphatic carbocycles. The van der Waals surface area contributed by atoms with E-state index >= 15 is 0 Å². The molecule has 1 unspecified atom stereocenters. The molecule has 17 heavy (non-hydrogen) atoms.